The molecule has 100 valence electrons. The molecule has 5 nitrogen and oxygen atoms in total. The first-order valence-electron chi connectivity index (χ1n) is 6.35. The van der Waals surface area contributed by atoms with Crippen molar-refractivity contribution in [2.75, 3.05) is 0 Å². The van der Waals surface area contributed by atoms with Crippen LogP contribution in [0.2, 0.25) is 0 Å². The van der Waals surface area contributed by atoms with Crippen molar-refractivity contribution in [3.8, 4) is 0 Å². The highest BCUT2D eigenvalue weighted by atomic mass is 16.1. The van der Waals surface area contributed by atoms with Crippen molar-refractivity contribution < 1.29 is 4.79 Å². The number of carbonyl (C=O) groups is 1. The molecule has 0 bridgehead atoms. The van der Waals surface area contributed by atoms with Gasteiger partial charge in [-0.15, -0.1) is 0 Å². The number of fused-ring (bicyclic) bond motifs is 1. The van der Waals surface area contributed by atoms with Crippen LogP contribution in [0.15, 0.2) is 49.1 Å². The van der Waals surface area contributed by atoms with Crippen LogP contribution in [0.1, 0.15) is 21.6 Å². The Kier molecular flexibility index (Phi) is 3.16. The molecule has 1 N–H and O–H groups in total. The number of carbonyl (C=O) groups excluding carboxylic acids is 1. The summed E-state index contributed by atoms with van der Waals surface area (Å²) in [6, 6.07) is 7.68. The molecule has 0 aliphatic carbocycles. The van der Waals surface area contributed by atoms with Crippen LogP contribution >= 0.6 is 0 Å². The molecule has 3 rings (SSSR count). The molecule has 1 amide bonds. The fourth-order valence-corrected chi connectivity index (χ4v) is 1.97. The summed E-state index contributed by atoms with van der Waals surface area (Å²) in [5.74, 6) is -0.185. The first-order chi connectivity index (χ1) is 9.72. The highest BCUT2D eigenvalue weighted by molar-refractivity contribution is 5.92. The van der Waals surface area contributed by atoms with Crippen LogP contribution in [0.4, 0.5) is 0 Å². The van der Waals surface area contributed by atoms with Crippen molar-refractivity contribution in [1.29, 1.82) is 0 Å². The SMILES string of the molecule is Cc1ccn2cc(C(=O)NCc3cccnc3)nc2c1. The summed E-state index contributed by atoms with van der Waals surface area (Å²) in [4.78, 5) is 20.4. The molecule has 0 spiro atoms. The second kappa shape index (κ2) is 5.13. The van der Waals surface area contributed by atoms with Crippen molar-refractivity contribution in [2.24, 2.45) is 0 Å². The molecule has 3 aromatic heterocycles. The molecule has 0 aliphatic heterocycles. The minimum atomic E-state index is -0.185. The maximum atomic E-state index is 12.1. The lowest BCUT2D eigenvalue weighted by atomic mass is 10.3. The van der Waals surface area contributed by atoms with Gasteiger partial charge >= 0.3 is 0 Å². The number of nitrogens with zero attached hydrogens (tertiary/aromatic N) is 3. The largest absolute Gasteiger partial charge is 0.347 e. The number of amides is 1. The normalized spacial score (nSPS) is 10.7. The topological polar surface area (TPSA) is 59.3 Å². The molecule has 5 heteroatoms. The van der Waals surface area contributed by atoms with Gasteiger partial charge in [0.15, 0.2) is 0 Å². The molecule has 3 aromatic rings. The van der Waals surface area contributed by atoms with E-state index in [1.165, 1.54) is 0 Å². The quantitative estimate of drug-likeness (QED) is 0.788. The molecule has 3 heterocycles. The Bertz CT molecular complexity index is 749. The number of nitrogens with one attached hydrogen (secondary N) is 1. The second-order valence-electron chi connectivity index (χ2n) is 4.64. The van der Waals surface area contributed by atoms with Gasteiger partial charge in [0.1, 0.15) is 11.3 Å². The van der Waals surface area contributed by atoms with Crippen LogP contribution in [0.3, 0.4) is 0 Å². The average molecular weight is 266 g/mol. The molecule has 0 radical (unpaired) electrons. The number of aryl methyl sites for hydroxylation is 1. The van der Waals surface area contributed by atoms with E-state index in [0.29, 0.717) is 12.2 Å². The number of aromatic nitrogens is 3. The van der Waals surface area contributed by atoms with E-state index >= 15 is 0 Å². The fourth-order valence-electron chi connectivity index (χ4n) is 1.97. The third kappa shape index (κ3) is 2.51. The highest BCUT2D eigenvalue weighted by Gasteiger charge is 2.10. The summed E-state index contributed by atoms with van der Waals surface area (Å²) >= 11 is 0. The molecule has 0 saturated carbocycles. The average Bonchev–Trinajstić information content (AvgIpc) is 2.89. The van der Waals surface area contributed by atoms with Crippen LogP contribution in [-0.2, 0) is 6.54 Å². The third-order valence-corrected chi connectivity index (χ3v) is 3.02. The number of pyridine rings is 2. The zero-order valence-corrected chi connectivity index (χ0v) is 11.1. The monoisotopic (exact) mass is 266 g/mol. The molecular weight excluding hydrogens is 252 g/mol. The number of hydrogen-bond acceptors (Lipinski definition) is 3. The van der Waals surface area contributed by atoms with Crippen molar-refractivity contribution in [1.82, 2.24) is 19.7 Å². The molecule has 0 aromatic carbocycles. The molecule has 0 atom stereocenters. The van der Waals surface area contributed by atoms with Gasteiger partial charge in [0, 0.05) is 31.3 Å². The van der Waals surface area contributed by atoms with Crippen LogP contribution in [-0.4, -0.2) is 20.3 Å². The predicted octanol–water partition coefficient (Wildman–Crippen LogP) is 1.97. The fraction of sp³-hybridized carbons (Fsp3) is 0.133. The maximum absolute atomic E-state index is 12.1. The minimum absolute atomic E-state index is 0.185. The van der Waals surface area contributed by atoms with Gasteiger partial charge in [0.25, 0.3) is 5.91 Å². The first kappa shape index (κ1) is 12.3. The lowest BCUT2D eigenvalue weighted by molar-refractivity contribution is 0.0946. The van der Waals surface area contributed by atoms with E-state index in [0.717, 1.165) is 16.8 Å². The van der Waals surface area contributed by atoms with Gasteiger partial charge in [-0.2, -0.15) is 0 Å². The van der Waals surface area contributed by atoms with Crippen molar-refractivity contribution in [2.45, 2.75) is 13.5 Å². The van der Waals surface area contributed by atoms with Crippen LogP contribution < -0.4 is 5.32 Å². The van der Waals surface area contributed by atoms with E-state index in [-0.39, 0.29) is 5.91 Å². The molecule has 0 fully saturated rings. The van der Waals surface area contributed by atoms with Crippen molar-refractivity contribution in [3.63, 3.8) is 0 Å². The van der Waals surface area contributed by atoms with Gasteiger partial charge in [-0.1, -0.05) is 6.07 Å². The predicted molar refractivity (Wildman–Crippen MR) is 75.3 cm³/mol. The van der Waals surface area contributed by atoms with Crippen LogP contribution in [0.5, 0.6) is 0 Å². The highest BCUT2D eigenvalue weighted by Crippen LogP contribution is 2.07. The van der Waals surface area contributed by atoms with Crippen molar-refractivity contribution >= 4 is 11.6 Å². The van der Waals surface area contributed by atoms with Gasteiger partial charge in [0.2, 0.25) is 0 Å². The first-order valence-corrected chi connectivity index (χ1v) is 6.35. The van der Waals surface area contributed by atoms with E-state index in [1.54, 1.807) is 18.6 Å². The summed E-state index contributed by atoms with van der Waals surface area (Å²) in [6.45, 7) is 2.44. The zero-order valence-electron chi connectivity index (χ0n) is 11.1. The Labute approximate surface area is 116 Å². The molecule has 20 heavy (non-hydrogen) atoms. The van der Waals surface area contributed by atoms with Gasteiger partial charge in [-0.25, -0.2) is 4.98 Å². The number of imidazole rings is 1. The molecule has 0 saturated heterocycles. The summed E-state index contributed by atoms with van der Waals surface area (Å²) in [5.41, 5.74) is 3.27. The summed E-state index contributed by atoms with van der Waals surface area (Å²) < 4.78 is 1.84. The van der Waals surface area contributed by atoms with E-state index in [9.17, 15) is 4.79 Å². The molecule has 0 unspecified atom stereocenters. The summed E-state index contributed by atoms with van der Waals surface area (Å²) in [7, 11) is 0. The standard InChI is InChI=1S/C15H14N4O/c1-11-4-6-19-10-13(18-14(19)7-11)15(20)17-9-12-3-2-5-16-8-12/h2-8,10H,9H2,1H3,(H,17,20). The van der Waals surface area contributed by atoms with Crippen LogP contribution in [0.25, 0.3) is 5.65 Å². The third-order valence-electron chi connectivity index (χ3n) is 3.02. The molecule has 0 aliphatic rings. The zero-order chi connectivity index (χ0) is 13.9. The second-order valence-corrected chi connectivity index (χ2v) is 4.64. The summed E-state index contributed by atoms with van der Waals surface area (Å²) in [5, 5.41) is 2.84. The minimum Gasteiger partial charge on any atom is -0.347 e. The smallest absolute Gasteiger partial charge is 0.271 e. The lowest BCUT2D eigenvalue weighted by Gasteiger charge is -2.02. The number of rotatable bonds is 3. The van der Waals surface area contributed by atoms with E-state index in [1.807, 2.05) is 41.8 Å². The Morgan fingerprint density at radius 1 is 1.40 bits per heavy atom. The molecular formula is C15H14N4O. The van der Waals surface area contributed by atoms with Gasteiger partial charge in [0.05, 0.1) is 0 Å². The van der Waals surface area contributed by atoms with Crippen molar-refractivity contribution in [3.05, 3.63) is 65.9 Å². The lowest BCUT2D eigenvalue weighted by Crippen LogP contribution is -2.23. The van der Waals surface area contributed by atoms with Crippen LogP contribution in [0, 0.1) is 6.92 Å². The van der Waals surface area contributed by atoms with Gasteiger partial charge in [-0.05, 0) is 36.2 Å². The van der Waals surface area contributed by atoms with E-state index in [2.05, 4.69) is 15.3 Å². The maximum Gasteiger partial charge on any atom is 0.271 e. The van der Waals surface area contributed by atoms with E-state index < -0.39 is 0 Å². The Morgan fingerprint density at radius 3 is 3.10 bits per heavy atom. The number of hydrogen-bond donors (Lipinski definition) is 1. The van der Waals surface area contributed by atoms with E-state index in [4.69, 9.17) is 0 Å². The Morgan fingerprint density at radius 2 is 2.30 bits per heavy atom. The Hall–Kier alpha value is -2.69. The Balaban J connectivity index is 1.75. The van der Waals surface area contributed by atoms with Gasteiger partial charge in [-0.3, -0.25) is 9.78 Å². The summed E-state index contributed by atoms with van der Waals surface area (Å²) in [6.07, 6.45) is 7.06. The van der Waals surface area contributed by atoms with Gasteiger partial charge < -0.3 is 9.72 Å².